The molecule has 106 valence electrons. The van der Waals surface area contributed by atoms with E-state index in [9.17, 15) is 9.59 Å². The topological polar surface area (TPSA) is 62.8 Å². The fraction of sp³-hybridized carbons (Fsp3) is 0.643. The Morgan fingerprint density at radius 3 is 2.47 bits per heavy atom. The van der Waals surface area contributed by atoms with Crippen LogP contribution in [0.3, 0.4) is 0 Å². The van der Waals surface area contributed by atoms with Crippen molar-refractivity contribution in [2.45, 2.75) is 52.6 Å². The van der Waals surface area contributed by atoms with E-state index in [4.69, 9.17) is 0 Å². The molecule has 0 aliphatic carbocycles. The van der Waals surface area contributed by atoms with Crippen molar-refractivity contribution in [1.82, 2.24) is 9.97 Å². The summed E-state index contributed by atoms with van der Waals surface area (Å²) in [5.74, 6) is 0.481. The minimum Gasteiger partial charge on any atom is -0.301 e. The van der Waals surface area contributed by atoms with E-state index >= 15 is 0 Å². The number of carbonyl (C=O) groups excluding carboxylic acids is 1. The van der Waals surface area contributed by atoms with Crippen molar-refractivity contribution in [2.24, 2.45) is 5.41 Å². The van der Waals surface area contributed by atoms with Crippen LogP contribution in [0.2, 0.25) is 0 Å². The maximum Gasteiger partial charge on any atom is 0.254 e. The standard InChI is InChI=1S/C14H22N2O2S/c1-6-7-10-9(2)15-13(16-12(10)18)19-8-11(17)14(3,4)5/h6-8H2,1-5H3,(H,15,16,18). The molecule has 0 radical (unpaired) electrons. The van der Waals surface area contributed by atoms with Crippen molar-refractivity contribution in [1.29, 1.82) is 0 Å². The smallest absolute Gasteiger partial charge is 0.254 e. The highest BCUT2D eigenvalue weighted by Crippen LogP contribution is 2.20. The largest absolute Gasteiger partial charge is 0.301 e. The molecule has 5 heteroatoms. The monoisotopic (exact) mass is 282 g/mol. The first kappa shape index (κ1) is 16.0. The van der Waals surface area contributed by atoms with E-state index in [1.807, 2.05) is 34.6 Å². The van der Waals surface area contributed by atoms with E-state index in [-0.39, 0.29) is 16.8 Å². The van der Waals surface area contributed by atoms with Crippen LogP contribution >= 0.6 is 11.8 Å². The third kappa shape index (κ3) is 4.49. The lowest BCUT2D eigenvalue weighted by Gasteiger charge is -2.15. The number of nitrogens with zero attached hydrogens (tertiary/aromatic N) is 1. The highest BCUT2D eigenvalue weighted by atomic mass is 32.2. The lowest BCUT2D eigenvalue weighted by Crippen LogP contribution is -2.23. The molecule has 0 saturated heterocycles. The molecule has 1 rings (SSSR count). The van der Waals surface area contributed by atoms with E-state index in [0.717, 1.165) is 24.1 Å². The summed E-state index contributed by atoms with van der Waals surface area (Å²) in [5, 5.41) is 0.528. The minimum absolute atomic E-state index is 0.0833. The molecule has 0 atom stereocenters. The number of ketones is 1. The number of Topliss-reactive ketones (excluding diaryl/α,β-unsaturated/α-hetero) is 1. The van der Waals surface area contributed by atoms with E-state index in [1.165, 1.54) is 11.8 Å². The summed E-state index contributed by atoms with van der Waals surface area (Å²) in [6.45, 7) is 9.55. The van der Waals surface area contributed by atoms with Crippen molar-refractivity contribution < 1.29 is 4.79 Å². The highest BCUT2D eigenvalue weighted by Gasteiger charge is 2.21. The average Bonchev–Trinajstić information content (AvgIpc) is 2.29. The molecule has 0 unspecified atom stereocenters. The Hall–Kier alpha value is -1.10. The second-order valence-electron chi connectivity index (χ2n) is 5.65. The Morgan fingerprint density at radius 1 is 1.37 bits per heavy atom. The van der Waals surface area contributed by atoms with Crippen molar-refractivity contribution >= 4 is 17.5 Å². The van der Waals surface area contributed by atoms with Gasteiger partial charge in [-0.2, -0.15) is 0 Å². The Morgan fingerprint density at radius 2 is 2.00 bits per heavy atom. The van der Waals surface area contributed by atoms with Crippen LogP contribution in [0, 0.1) is 12.3 Å². The summed E-state index contributed by atoms with van der Waals surface area (Å²) in [5.41, 5.74) is 1.06. The number of H-pyrrole nitrogens is 1. The van der Waals surface area contributed by atoms with Crippen molar-refractivity contribution in [3.05, 3.63) is 21.6 Å². The molecule has 0 aromatic carbocycles. The van der Waals surface area contributed by atoms with Gasteiger partial charge in [0.25, 0.3) is 5.56 Å². The third-order valence-electron chi connectivity index (χ3n) is 2.88. The van der Waals surface area contributed by atoms with Gasteiger partial charge < -0.3 is 4.98 Å². The van der Waals surface area contributed by atoms with Crippen molar-refractivity contribution in [3.8, 4) is 0 Å². The van der Waals surface area contributed by atoms with Crippen LogP contribution in [0.15, 0.2) is 9.95 Å². The molecule has 1 N–H and O–H groups in total. The number of aromatic amines is 1. The summed E-state index contributed by atoms with van der Waals surface area (Å²) < 4.78 is 0. The molecule has 1 aromatic rings. The molecule has 1 aromatic heterocycles. The molecule has 0 aliphatic rings. The second-order valence-corrected chi connectivity index (χ2v) is 6.61. The first-order valence-electron chi connectivity index (χ1n) is 6.51. The van der Waals surface area contributed by atoms with Gasteiger partial charge in [-0.05, 0) is 13.3 Å². The Bertz CT molecular complexity index is 515. The average molecular weight is 282 g/mol. The number of hydrogen-bond donors (Lipinski definition) is 1. The molecule has 0 aliphatic heterocycles. The summed E-state index contributed by atoms with van der Waals surface area (Å²) >= 11 is 1.29. The Balaban J connectivity index is 2.82. The maximum atomic E-state index is 11.9. The number of thioether (sulfide) groups is 1. The van der Waals surface area contributed by atoms with Crippen LogP contribution in [0.25, 0.3) is 0 Å². The van der Waals surface area contributed by atoms with Crippen LogP contribution in [0.4, 0.5) is 0 Å². The number of aromatic nitrogens is 2. The molecule has 0 bridgehead atoms. The van der Waals surface area contributed by atoms with Crippen molar-refractivity contribution in [2.75, 3.05) is 5.75 Å². The van der Waals surface area contributed by atoms with E-state index < -0.39 is 0 Å². The quantitative estimate of drug-likeness (QED) is 0.666. The highest BCUT2D eigenvalue weighted by molar-refractivity contribution is 7.99. The lowest BCUT2D eigenvalue weighted by molar-refractivity contribution is -0.123. The van der Waals surface area contributed by atoms with Crippen LogP contribution in [-0.4, -0.2) is 21.5 Å². The van der Waals surface area contributed by atoms with Gasteiger partial charge >= 0.3 is 0 Å². The second kappa shape index (κ2) is 6.37. The zero-order valence-corrected chi connectivity index (χ0v) is 13.1. The first-order chi connectivity index (χ1) is 8.75. The molecule has 4 nitrogen and oxygen atoms in total. The number of hydrogen-bond acceptors (Lipinski definition) is 4. The zero-order valence-electron chi connectivity index (χ0n) is 12.3. The van der Waals surface area contributed by atoms with Gasteiger partial charge in [0, 0.05) is 16.7 Å². The van der Waals surface area contributed by atoms with Crippen LogP contribution in [-0.2, 0) is 11.2 Å². The molecule has 0 amide bonds. The lowest BCUT2D eigenvalue weighted by atomic mass is 9.92. The normalized spacial score (nSPS) is 11.6. The Labute approximate surface area is 118 Å². The number of nitrogens with one attached hydrogen (secondary N) is 1. The maximum absolute atomic E-state index is 11.9. The molecular formula is C14H22N2O2S. The van der Waals surface area contributed by atoms with E-state index in [1.54, 1.807) is 0 Å². The van der Waals surface area contributed by atoms with Gasteiger partial charge in [-0.15, -0.1) is 0 Å². The molecule has 19 heavy (non-hydrogen) atoms. The first-order valence-corrected chi connectivity index (χ1v) is 7.50. The summed E-state index contributed by atoms with van der Waals surface area (Å²) in [6, 6.07) is 0. The minimum atomic E-state index is -0.357. The molecule has 0 saturated carbocycles. The van der Waals surface area contributed by atoms with Gasteiger partial charge in [-0.25, -0.2) is 4.98 Å². The fourth-order valence-corrected chi connectivity index (χ4v) is 2.61. The van der Waals surface area contributed by atoms with E-state index in [2.05, 4.69) is 9.97 Å². The molecule has 0 fully saturated rings. The predicted octanol–water partition coefficient (Wildman–Crippen LogP) is 2.74. The SMILES string of the molecule is CCCc1c(C)nc(SCC(=O)C(C)(C)C)[nH]c1=O. The van der Waals surface area contributed by atoms with Gasteiger partial charge in [-0.1, -0.05) is 45.9 Å². The molecule has 1 heterocycles. The Kier molecular flexibility index (Phi) is 5.35. The van der Waals surface area contributed by atoms with Gasteiger partial charge in [0.2, 0.25) is 0 Å². The van der Waals surface area contributed by atoms with Gasteiger partial charge in [0.1, 0.15) is 5.78 Å². The van der Waals surface area contributed by atoms with Crippen LogP contribution in [0.5, 0.6) is 0 Å². The van der Waals surface area contributed by atoms with Crippen LogP contribution in [0.1, 0.15) is 45.4 Å². The van der Waals surface area contributed by atoms with Crippen LogP contribution < -0.4 is 5.56 Å². The molecule has 0 spiro atoms. The third-order valence-corrected chi connectivity index (χ3v) is 3.75. The summed E-state index contributed by atoms with van der Waals surface area (Å²) in [4.78, 5) is 30.8. The number of rotatable bonds is 5. The van der Waals surface area contributed by atoms with E-state index in [0.29, 0.717) is 10.9 Å². The number of aryl methyl sites for hydroxylation is 1. The zero-order chi connectivity index (χ0) is 14.6. The predicted molar refractivity (Wildman–Crippen MR) is 78.8 cm³/mol. The van der Waals surface area contributed by atoms with Gasteiger partial charge in [-0.3, -0.25) is 9.59 Å². The molecular weight excluding hydrogens is 260 g/mol. The fourth-order valence-electron chi connectivity index (χ4n) is 1.55. The van der Waals surface area contributed by atoms with Crippen molar-refractivity contribution in [3.63, 3.8) is 0 Å². The van der Waals surface area contributed by atoms with Gasteiger partial charge in [0.05, 0.1) is 5.75 Å². The number of carbonyl (C=O) groups is 1. The summed E-state index contributed by atoms with van der Waals surface area (Å²) in [7, 11) is 0. The summed E-state index contributed by atoms with van der Waals surface area (Å²) in [6.07, 6.45) is 1.65. The van der Waals surface area contributed by atoms with Gasteiger partial charge in [0.15, 0.2) is 5.16 Å².